The molecular formula is C21H27ClN3OS+. The van der Waals surface area contributed by atoms with Gasteiger partial charge in [0.2, 0.25) is 0 Å². The van der Waals surface area contributed by atoms with Crippen LogP contribution in [-0.4, -0.2) is 9.97 Å². The van der Waals surface area contributed by atoms with E-state index in [2.05, 4.69) is 38.0 Å². The summed E-state index contributed by atoms with van der Waals surface area (Å²) >= 11 is 7.59. The summed E-state index contributed by atoms with van der Waals surface area (Å²) in [5, 5.41) is 3.70. The zero-order valence-electron chi connectivity index (χ0n) is 16.3. The molecular weight excluding hydrogens is 378 g/mol. The van der Waals surface area contributed by atoms with Crippen molar-refractivity contribution in [1.82, 2.24) is 9.97 Å². The van der Waals surface area contributed by atoms with Gasteiger partial charge in [0.05, 0.1) is 5.39 Å². The van der Waals surface area contributed by atoms with Gasteiger partial charge >= 0.3 is 0 Å². The molecule has 0 saturated heterocycles. The van der Waals surface area contributed by atoms with Crippen molar-refractivity contribution in [2.75, 3.05) is 0 Å². The number of nitrogens with one attached hydrogen (secondary N) is 1. The highest BCUT2D eigenvalue weighted by molar-refractivity contribution is 7.18. The Morgan fingerprint density at radius 2 is 1.96 bits per heavy atom. The molecule has 0 aliphatic heterocycles. The van der Waals surface area contributed by atoms with E-state index >= 15 is 0 Å². The lowest BCUT2D eigenvalue weighted by atomic mass is 9.98. The fourth-order valence-electron chi connectivity index (χ4n) is 3.25. The summed E-state index contributed by atoms with van der Waals surface area (Å²) in [5.74, 6) is 1.29. The van der Waals surface area contributed by atoms with Crippen LogP contribution in [0, 0.1) is 12.8 Å². The van der Waals surface area contributed by atoms with Crippen LogP contribution in [0.3, 0.4) is 0 Å². The first-order valence-corrected chi connectivity index (χ1v) is 10.7. The van der Waals surface area contributed by atoms with Crippen LogP contribution in [0.4, 0.5) is 0 Å². The van der Waals surface area contributed by atoms with Gasteiger partial charge in [-0.15, -0.1) is 11.3 Å². The predicted molar refractivity (Wildman–Crippen MR) is 114 cm³/mol. The minimum atomic E-state index is -0.00907. The Morgan fingerprint density at radius 1 is 1.26 bits per heavy atom. The molecule has 2 heterocycles. The van der Waals surface area contributed by atoms with Crippen molar-refractivity contribution in [1.29, 1.82) is 0 Å². The van der Waals surface area contributed by atoms with Crippen molar-refractivity contribution < 1.29 is 5.32 Å². The molecule has 0 spiro atoms. The quantitative estimate of drug-likeness (QED) is 0.614. The van der Waals surface area contributed by atoms with E-state index in [0.717, 1.165) is 33.9 Å². The van der Waals surface area contributed by atoms with Gasteiger partial charge in [0.1, 0.15) is 17.4 Å². The van der Waals surface area contributed by atoms with E-state index in [4.69, 9.17) is 16.6 Å². The van der Waals surface area contributed by atoms with Crippen LogP contribution in [0.25, 0.3) is 10.2 Å². The minimum absolute atomic E-state index is 0.00907. The normalized spacial score (nSPS) is 13.8. The summed E-state index contributed by atoms with van der Waals surface area (Å²) in [6.07, 6.45) is 2.05. The molecule has 0 saturated carbocycles. The smallest absolute Gasteiger partial charge is 0.260 e. The molecule has 3 rings (SSSR count). The number of nitrogens with zero attached hydrogens (tertiary/aromatic N) is 1. The second-order valence-corrected chi connectivity index (χ2v) is 8.97. The molecule has 1 aromatic carbocycles. The van der Waals surface area contributed by atoms with Crippen LogP contribution in [0.5, 0.6) is 0 Å². The summed E-state index contributed by atoms with van der Waals surface area (Å²) in [6.45, 7) is 9.28. The third kappa shape index (κ3) is 4.60. The lowest BCUT2D eigenvalue weighted by molar-refractivity contribution is -0.708. The number of quaternary nitrogens is 1. The Balaban J connectivity index is 1.80. The Hall–Kier alpha value is -1.69. The van der Waals surface area contributed by atoms with Gasteiger partial charge in [-0.1, -0.05) is 44.0 Å². The second kappa shape index (κ2) is 8.55. The van der Waals surface area contributed by atoms with Crippen molar-refractivity contribution in [3.05, 3.63) is 61.5 Å². The van der Waals surface area contributed by atoms with Gasteiger partial charge in [-0.2, -0.15) is 0 Å². The third-order valence-corrected chi connectivity index (χ3v) is 6.52. The molecule has 3 N–H and O–H groups in total. The van der Waals surface area contributed by atoms with Crippen LogP contribution in [-0.2, 0) is 13.0 Å². The van der Waals surface area contributed by atoms with Crippen molar-refractivity contribution in [2.45, 2.75) is 53.1 Å². The van der Waals surface area contributed by atoms with Gasteiger partial charge in [0, 0.05) is 15.5 Å². The Labute approximate surface area is 169 Å². The molecule has 0 amide bonds. The van der Waals surface area contributed by atoms with Gasteiger partial charge in [-0.05, 0) is 43.9 Å². The van der Waals surface area contributed by atoms with Crippen LogP contribution in [0.1, 0.15) is 55.1 Å². The lowest BCUT2D eigenvalue weighted by Gasteiger charge is -2.11. The van der Waals surface area contributed by atoms with Crippen LogP contribution in [0.15, 0.2) is 29.1 Å². The van der Waals surface area contributed by atoms with Gasteiger partial charge < -0.3 is 10.3 Å². The topological polar surface area (TPSA) is 62.4 Å². The summed E-state index contributed by atoms with van der Waals surface area (Å²) in [7, 11) is 0. The Bertz CT molecular complexity index is 977. The standard InChI is InChI=1S/C21H26ClN3OS/c1-5-12(2)10-17-14(4)27-21-19(17)20(26)24-18(25-21)11-23-13(3)15-6-8-16(22)9-7-15/h6-9,12-13,23H,5,10-11H2,1-4H3,(H,24,25,26)/p+1/t12-,13-/m0/s1. The van der Waals surface area contributed by atoms with E-state index in [-0.39, 0.29) is 11.6 Å². The number of rotatable bonds is 7. The summed E-state index contributed by atoms with van der Waals surface area (Å²) in [4.78, 5) is 22.5. The van der Waals surface area contributed by atoms with Crippen LogP contribution < -0.4 is 10.9 Å². The molecule has 6 heteroatoms. The first kappa shape index (κ1) is 20.1. The van der Waals surface area contributed by atoms with Crippen molar-refractivity contribution in [3.8, 4) is 0 Å². The number of benzene rings is 1. The summed E-state index contributed by atoms with van der Waals surface area (Å²) in [6, 6.07) is 8.13. The number of aryl methyl sites for hydroxylation is 1. The second-order valence-electron chi connectivity index (χ2n) is 7.33. The molecule has 2 atom stereocenters. The minimum Gasteiger partial charge on any atom is -0.334 e. The molecule has 144 valence electrons. The molecule has 4 nitrogen and oxygen atoms in total. The molecule has 0 radical (unpaired) electrons. The number of fused-ring (bicyclic) bond motifs is 1. The SMILES string of the molecule is CC[C@H](C)Cc1c(C)sc2nc(C[NH2+][C@@H](C)c3ccc(Cl)cc3)[nH]c(=O)c12. The van der Waals surface area contributed by atoms with E-state index in [1.165, 1.54) is 16.0 Å². The average Bonchev–Trinajstić information content (AvgIpc) is 2.95. The van der Waals surface area contributed by atoms with Crippen molar-refractivity contribution in [2.24, 2.45) is 5.92 Å². The predicted octanol–water partition coefficient (Wildman–Crippen LogP) is 4.36. The van der Waals surface area contributed by atoms with Crippen molar-refractivity contribution >= 4 is 33.2 Å². The molecule has 2 aromatic heterocycles. The molecule has 0 aliphatic rings. The average molecular weight is 405 g/mol. The lowest BCUT2D eigenvalue weighted by Crippen LogP contribution is -2.83. The van der Waals surface area contributed by atoms with Gasteiger partial charge in [0.25, 0.3) is 5.56 Å². The van der Waals surface area contributed by atoms with E-state index in [1.807, 2.05) is 24.3 Å². The van der Waals surface area contributed by atoms with Crippen molar-refractivity contribution in [3.63, 3.8) is 0 Å². The third-order valence-electron chi connectivity index (χ3n) is 5.22. The highest BCUT2D eigenvalue weighted by Gasteiger charge is 2.17. The number of hydrogen-bond donors (Lipinski definition) is 2. The van der Waals surface area contributed by atoms with Gasteiger partial charge in [-0.25, -0.2) is 4.98 Å². The number of nitrogens with two attached hydrogens (primary N) is 1. The van der Waals surface area contributed by atoms with E-state index in [9.17, 15) is 4.79 Å². The van der Waals surface area contributed by atoms with E-state index in [0.29, 0.717) is 12.5 Å². The first-order valence-electron chi connectivity index (χ1n) is 9.49. The number of aromatic amines is 1. The maximum Gasteiger partial charge on any atom is 0.260 e. The highest BCUT2D eigenvalue weighted by Crippen LogP contribution is 2.29. The molecule has 0 bridgehead atoms. The van der Waals surface area contributed by atoms with Crippen LogP contribution in [0.2, 0.25) is 5.02 Å². The summed E-state index contributed by atoms with van der Waals surface area (Å²) in [5.41, 5.74) is 2.36. The molecule has 0 unspecified atom stereocenters. The Kier molecular flexibility index (Phi) is 6.35. The number of H-pyrrole nitrogens is 1. The monoisotopic (exact) mass is 404 g/mol. The molecule has 0 aliphatic carbocycles. The largest absolute Gasteiger partial charge is 0.334 e. The summed E-state index contributed by atoms with van der Waals surface area (Å²) < 4.78 is 0. The van der Waals surface area contributed by atoms with E-state index < -0.39 is 0 Å². The fraction of sp³-hybridized carbons (Fsp3) is 0.429. The van der Waals surface area contributed by atoms with Crippen LogP contribution >= 0.6 is 22.9 Å². The van der Waals surface area contributed by atoms with E-state index in [1.54, 1.807) is 11.3 Å². The van der Waals surface area contributed by atoms with Gasteiger partial charge in [0.15, 0.2) is 5.82 Å². The van der Waals surface area contributed by atoms with Gasteiger partial charge in [-0.3, -0.25) is 4.79 Å². The molecule has 27 heavy (non-hydrogen) atoms. The first-order chi connectivity index (χ1) is 12.9. The Morgan fingerprint density at radius 3 is 2.63 bits per heavy atom. The zero-order chi connectivity index (χ0) is 19.6. The maximum absolute atomic E-state index is 12.7. The fourth-order valence-corrected chi connectivity index (χ4v) is 4.44. The number of aromatic nitrogens is 2. The maximum atomic E-state index is 12.7. The highest BCUT2D eigenvalue weighted by atomic mass is 35.5. The number of thiophene rings is 1. The number of halogens is 1. The zero-order valence-corrected chi connectivity index (χ0v) is 17.9. The molecule has 0 fully saturated rings. The molecule has 3 aromatic rings. The number of hydrogen-bond acceptors (Lipinski definition) is 3.